The van der Waals surface area contributed by atoms with Gasteiger partial charge in [-0.05, 0) is 13.1 Å². The first-order chi connectivity index (χ1) is 5.77. The summed E-state index contributed by atoms with van der Waals surface area (Å²) in [4.78, 5) is 12.9. The van der Waals surface area contributed by atoms with Crippen molar-refractivity contribution in [3.05, 3.63) is 10.6 Å². The summed E-state index contributed by atoms with van der Waals surface area (Å²) in [6, 6.07) is 0.357. The number of carbonyl (C=O) groups excluding carboxylic acids is 1. The molecule has 1 saturated heterocycles. The van der Waals surface area contributed by atoms with Crippen molar-refractivity contribution < 1.29 is 70.2 Å². The van der Waals surface area contributed by atoms with Gasteiger partial charge < -0.3 is 15.5 Å². The Morgan fingerprint density at radius 3 is 2.07 bits per heavy atom. The number of nitrogens with zero attached hydrogens (tertiary/aromatic N) is 3. The molecule has 0 aromatic carbocycles. The zero-order valence-corrected chi connectivity index (χ0v) is 14.5. The van der Waals surface area contributed by atoms with Gasteiger partial charge in [0.15, 0.2) is 6.03 Å². The number of carbonyl (C=O) groups is 1. The molecule has 6 heteroatoms. The molecule has 1 heterocycles. The fourth-order valence-corrected chi connectivity index (χ4v) is 1.46. The molecule has 0 aromatic heterocycles. The topological polar surface area (TPSA) is 48.5 Å². The molecule has 14 heavy (non-hydrogen) atoms. The molecule has 2 amide bonds. The van der Waals surface area contributed by atoms with E-state index >= 15 is 0 Å². The van der Waals surface area contributed by atoms with Crippen LogP contribution in [0.25, 0.3) is 10.6 Å². The second kappa shape index (κ2) is 9.65. The van der Waals surface area contributed by atoms with Crippen LogP contribution in [0.2, 0.25) is 0 Å². The fraction of sp³-hybridized carbons (Fsp3) is 0.875. The van der Waals surface area contributed by atoms with Crippen LogP contribution < -0.4 is 0 Å². The van der Waals surface area contributed by atoms with E-state index in [0.717, 1.165) is 25.9 Å². The van der Waals surface area contributed by atoms with Gasteiger partial charge in [0, 0.05) is 65.4 Å². The molecule has 2 radical (unpaired) electrons. The fourth-order valence-electron chi connectivity index (χ4n) is 1.46. The minimum atomic E-state index is -0.0930. The van der Waals surface area contributed by atoms with Crippen molar-refractivity contribution in [2.45, 2.75) is 18.9 Å². The van der Waals surface area contributed by atoms with E-state index in [-0.39, 0.29) is 71.4 Å². The van der Waals surface area contributed by atoms with Crippen molar-refractivity contribution in [2.24, 2.45) is 0 Å². The molecular weight excluding hydrogens is 332 g/mol. The Balaban J connectivity index is 0. The number of urea groups is 1. The summed E-state index contributed by atoms with van der Waals surface area (Å²) >= 11 is 0. The third kappa shape index (κ3) is 5.50. The van der Waals surface area contributed by atoms with Crippen LogP contribution in [0.3, 0.4) is 0 Å². The van der Waals surface area contributed by atoms with Gasteiger partial charge in [-0.1, -0.05) is 19.9 Å². The molecule has 1 fully saturated rings. The van der Waals surface area contributed by atoms with Crippen LogP contribution >= 0.6 is 0 Å². The van der Waals surface area contributed by atoms with E-state index in [9.17, 15) is 4.79 Å². The van der Waals surface area contributed by atoms with Gasteiger partial charge in [-0.15, -0.1) is 6.04 Å². The molecule has 76 valence electrons. The van der Waals surface area contributed by atoms with Crippen LogP contribution in [0.15, 0.2) is 0 Å². The van der Waals surface area contributed by atoms with Gasteiger partial charge in [-0.2, -0.15) is 7.05 Å². The SMILES string of the molecule is C[N-]C(=O)N1CCC([N-]C)CC1.[Y].[Y]. The summed E-state index contributed by atoms with van der Waals surface area (Å²) in [7, 11) is 3.38. The van der Waals surface area contributed by atoms with E-state index in [4.69, 9.17) is 0 Å². The number of rotatable bonds is 1. The Kier molecular flexibility index (Phi) is 12.3. The molecule has 4 nitrogen and oxygen atoms in total. The third-order valence-corrected chi connectivity index (χ3v) is 2.29. The summed E-state index contributed by atoms with van der Waals surface area (Å²) in [6.07, 6.45) is 1.97. The minimum Gasteiger partial charge on any atom is -0.662 e. The molecular formula is C8H15N3OY2-2. The van der Waals surface area contributed by atoms with Crippen molar-refractivity contribution in [1.29, 1.82) is 0 Å². The number of hydrogen-bond donors (Lipinski definition) is 0. The Hall–Kier alpha value is 1.44. The number of piperidine rings is 1. The van der Waals surface area contributed by atoms with E-state index in [2.05, 4.69) is 10.6 Å². The predicted octanol–water partition coefficient (Wildman–Crippen LogP) is 1.57. The monoisotopic (exact) mass is 347 g/mol. The summed E-state index contributed by atoms with van der Waals surface area (Å²) in [5, 5.41) is 7.82. The molecule has 0 spiro atoms. The van der Waals surface area contributed by atoms with Crippen LogP contribution in [0.4, 0.5) is 4.79 Å². The minimum absolute atomic E-state index is 0. The van der Waals surface area contributed by atoms with Crippen molar-refractivity contribution in [3.8, 4) is 0 Å². The van der Waals surface area contributed by atoms with E-state index in [1.54, 1.807) is 11.9 Å². The van der Waals surface area contributed by atoms with Crippen molar-refractivity contribution in [3.63, 3.8) is 0 Å². The van der Waals surface area contributed by atoms with Gasteiger partial charge in [-0.3, -0.25) is 4.79 Å². The van der Waals surface area contributed by atoms with Gasteiger partial charge in [0.05, 0.1) is 0 Å². The van der Waals surface area contributed by atoms with Gasteiger partial charge in [-0.25, -0.2) is 0 Å². The first-order valence-electron chi connectivity index (χ1n) is 4.25. The van der Waals surface area contributed by atoms with E-state index in [0.29, 0.717) is 6.04 Å². The van der Waals surface area contributed by atoms with Gasteiger partial charge >= 0.3 is 0 Å². The molecule has 1 aliphatic rings. The van der Waals surface area contributed by atoms with Crippen LogP contribution in [0, 0.1) is 0 Å². The summed E-state index contributed by atoms with van der Waals surface area (Å²) in [5.74, 6) is 0. The average Bonchev–Trinajstić information content (AvgIpc) is 2.17. The first kappa shape index (κ1) is 17.8. The summed E-state index contributed by atoms with van der Waals surface area (Å²) in [6.45, 7) is 1.61. The molecule has 0 atom stereocenters. The maximum Gasteiger partial charge on any atom is 0.155 e. The van der Waals surface area contributed by atoms with Gasteiger partial charge in [0.25, 0.3) is 0 Å². The van der Waals surface area contributed by atoms with E-state index in [1.165, 1.54) is 0 Å². The van der Waals surface area contributed by atoms with Crippen LogP contribution in [0.5, 0.6) is 0 Å². The van der Waals surface area contributed by atoms with Gasteiger partial charge in [0.2, 0.25) is 0 Å². The number of amides is 2. The Morgan fingerprint density at radius 2 is 1.71 bits per heavy atom. The Labute approximate surface area is 136 Å². The molecule has 0 unspecified atom stereocenters. The predicted molar refractivity (Wildman–Crippen MR) is 48.6 cm³/mol. The summed E-state index contributed by atoms with van der Waals surface area (Å²) < 4.78 is 0. The standard InChI is InChI=1S/C8H16N3O.2Y/c1-9-7-3-5-11(6-4-7)8(12)10-2;;/h7H,3-6H2,1-2H3,(H,10,12);;/q-1;;/p-1. The normalized spacial score (nSPS) is 16.6. The smallest absolute Gasteiger partial charge is 0.155 e. The maximum absolute atomic E-state index is 11.1. The first-order valence-corrected chi connectivity index (χ1v) is 4.25. The molecule has 0 saturated carbocycles. The van der Waals surface area contributed by atoms with Gasteiger partial charge in [0.1, 0.15) is 0 Å². The number of hydrogen-bond acceptors (Lipinski definition) is 1. The van der Waals surface area contributed by atoms with E-state index in [1.807, 2.05) is 7.05 Å². The zero-order valence-electron chi connectivity index (χ0n) is 8.81. The van der Waals surface area contributed by atoms with E-state index < -0.39 is 0 Å². The second-order valence-corrected chi connectivity index (χ2v) is 2.98. The molecule has 0 aliphatic carbocycles. The molecule has 0 N–H and O–H groups in total. The zero-order chi connectivity index (χ0) is 8.97. The Morgan fingerprint density at radius 1 is 1.21 bits per heavy atom. The van der Waals surface area contributed by atoms with Crippen LogP contribution in [-0.4, -0.2) is 44.2 Å². The third-order valence-electron chi connectivity index (χ3n) is 2.29. The number of likely N-dealkylation sites (tertiary alicyclic amines) is 1. The van der Waals surface area contributed by atoms with Crippen molar-refractivity contribution >= 4 is 6.03 Å². The quantitative estimate of drug-likeness (QED) is 0.711. The molecule has 0 bridgehead atoms. The molecule has 1 aliphatic heterocycles. The molecule has 0 aromatic rings. The summed E-state index contributed by atoms with van der Waals surface area (Å²) in [5.41, 5.74) is 0. The van der Waals surface area contributed by atoms with Crippen LogP contribution in [0.1, 0.15) is 12.8 Å². The Bertz CT molecular complexity index is 161. The maximum atomic E-state index is 11.1. The van der Waals surface area contributed by atoms with Crippen molar-refractivity contribution in [1.82, 2.24) is 4.90 Å². The average molecular weight is 347 g/mol. The second-order valence-electron chi connectivity index (χ2n) is 2.98. The van der Waals surface area contributed by atoms with Crippen LogP contribution in [-0.2, 0) is 65.4 Å². The molecule has 1 rings (SSSR count). The van der Waals surface area contributed by atoms with Crippen molar-refractivity contribution in [2.75, 3.05) is 27.2 Å². The largest absolute Gasteiger partial charge is 0.662 e.